The number of amidine groups is 2. The van der Waals surface area contributed by atoms with E-state index >= 15 is 0 Å². The molecule has 1 aliphatic heterocycles. The van der Waals surface area contributed by atoms with Gasteiger partial charge in [0.1, 0.15) is 0 Å². The molecule has 9 nitrogen and oxygen atoms in total. The van der Waals surface area contributed by atoms with Crippen molar-refractivity contribution in [1.29, 1.82) is 5.41 Å². The van der Waals surface area contributed by atoms with Gasteiger partial charge in [-0.2, -0.15) is 0 Å². The maximum Gasteiger partial charge on any atom is 0.335 e. The summed E-state index contributed by atoms with van der Waals surface area (Å²) in [6.45, 7) is 3.75. The van der Waals surface area contributed by atoms with Crippen LogP contribution >= 0.6 is 11.8 Å². The normalized spacial score (nSPS) is 19.8. The molecule has 1 heterocycles. The van der Waals surface area contributed by atoms with E-state index in [0.29, 0.717) is 18.3 Å². The van der Waals surface area contributed by atoms with E-state index in [1.54, 1.807) is 12.1 Å². The van der Waals surface area contributed by atoms with Crippen molar-refractivity contribution in [3.05, 3.63) is 35.4 Å². The predicted molar refractivity (Wildman–Crippen MR) is 119 cm³/mol. The Morgan fingerprint density at radius 2 is 1.87 bits per heavy atom. The van der Waals surface area contributed by atoms with Crippen LogP contribution in [0.3, 0.4) is 0 Å². The number of thioether (sulfide) groups is 1. The minimum absolute atomic E-state index is 0.180. The molecule has 2 fully saturated rings. The molecule has 164 valence electrons. The molecule has 2 aliphatic rings. The Kier molecular flexibility index (Phi) is 8.08. The molecule has 0 amide bonds. The van der Waals surface area contributed by atoms with E-state index in [0.717, 1.165) is 49.8 Å². The number of benzene rings is 1. The fraction of sp³-hybridized carbons (Fsp3) is 0.550. The van der Waals surface area contributed by atoms with Gasteiger partial charge in [0.05, 0.1) is 5.56 Å². The summed E-state index contributed by atoms with van der Waals surface area (Å²) in [5.41, 5.74) is 7.27. The summed E-state index contributed by atoms with van der Waals surface area (Å²) in [7, 11) is 0. The lowest BCUT2D eigenvalue weighted by Gasteiger charge is -2.35. The highest BCUT2D eigenvalue weighted by Crippen LogP contribution is 2.18. The third kappa shape index (κ3) is 6.69. The monoisotopic (exact) mass is 434 g/mol. The Morgan fingerprint density at radius 1 is 1.23 bits per heavy atom. The van der Waals surface area contributed by atoms with Crippen LogP contribution in [0.15, 0.2) is 29.3 Å². The molecule has 1 saturated heterocycles. The number of piperazine rings is 1. The average molecular weight is 435 g/mol. The first kappa shape index (κ1) is 22.5. The number of aliphatic imine (C=N–C) groups is 1. The summed E-state index contributed by atoms with van der Waals surface area (Å²) in [4.78, 5) is 19.2. The number of hydrogen-bond acceptors (Lipinski definition) is 7. The van der Waals surface area contributed by atoms with Crippen molar-refractivity contribution in [2.24, 2.45) is 10.7 Å². The van der Waals surface area contributed by atoms with Gasteiger partial charge < -0.3 is 20.8 Å². The molecule has 3 rings (SSSR count). The van der Waals surface area contributed by atoms with Crippen LogP contribution in [0.5, 0.6) is 0 Å². The number of carboxylic acids is 1. The number of aliphatic hydroxyl groups is 1. The number of aliphatic hydroxyl groups excluding tert-OH is 1. The van der Waals surface area contributed by atoms with Gasteiger partial charge >= 0.3 is 5.97 Å². The van der Waals surface area contributed by atoms with Crippen molar-refractivity contribution in [3.63, 3.8) is 0 Å². The second kappa shape index (κ2) is 10.8. The van der Waals surface area contributed by atoms with Gasteiger partial charge in [0.2, 0.25) is 6.35 Å². The van der Waals surface area contributed by atoms with E-state index in [9.17, 15) is 9.90 Å². The fourth-order valence-corrected chi connectivity index (χ4v) is 4.43. The van der Waals surface area contributed by atoms with E-state index in [4.69, 9.17) is 16.2 Å². The lowest BCUT2D eigenvalue weighted by Crippen LogP contribution is -2.47. The minimum Gasteiger partial charge on any atom is -0.478 e. The molecule has 0 bridgehead atoms. The zero-order chi connectivity index (χ0) is 21.5. The third-order valence-corrected chi connectivity index (χ3v) is 6.22. The topological polar surface area (TPSA) is 138 Å². The van der Waals surface area contributed by atoms with Crippen LogP contribution in [-0.2, 0) is 6.54 Å². The highest BCUT2D eigenvalue weighted by atomic mass is 32.2. The number of nitrogens with one attached hydrogen (secondary N) is 2. The maximum atomic E-state index is 10.9. The minimum atomic E-state index is -1.03. The Hall–Kier alpha value is -2.14. The van der Waals surface area contributed by atoms with Gasteiger partial charge in [0, 0.05) is 38.8 Å². The first-order chi connectivity index (χ1) is 14.4. The number of carbonyl (C=O) groups is 1. The highest BCUT2D eigenvalue weighted by molar-refractivity contribution is 8.26. The largest absolute Gasteiger partial charge is 0.478 e. The van der Waals surface area contributed by atoms with Crippen LogP contribution in [-0.4, -0.2) is 74.9 Å². The molecule has 1 aromatic rings. The molecule has 30 heavy (non-hydrogen) atoms. The molecule has 0 radical (unpaired) electrons. The third-order valence-electron chi connectivity index (χ3n) is 5.46. The first-order valence-electron chi connectivity index (χ1n) is 10.2. The maximum absolute atomic E-state index is 10.9. The summed E-state index contributed by atoms with van der Waals surface area (Å²) >= 11 is 1.06. The molecule has 0 spiro atoms. The van der Waals surface area contributed by atoms with Gasteiger partial charge in [-0.3, -0.25) is 15.6 Å². The van der Waals surface area contributed by atoms with Crippen molar-refractivity contribution < 1.29 is 15.0 Å². The lowest BCUT2D eigenvalue weighted by atomic mass is 10.1. The molecule has 0 aromatic heterocycles. The Balaban J connectivity index is 1.40. The Labute approximate surface area is 180 Å². The standard InChI is InChI=1S/C20H30N6O3S/c21-18(24-20(29)23-16-3-1-2-4-16)30-19(22)26-11-9-25(10-12-26)13-14-5-7-15(8-6-14)17(27)28/h5-8,16,20,22-23,29H,1-4,9-13H2,(H2,21,24)(H,27,28). The van der Waals surface area contributed by atoms with Gasteiger partial charge in [-0.1, -0.05) is 25.0 Å². The van der Waals surface area contributed by atoms with E-state index in [1.807, 2.05) is 17.0 Å². The summed E-state index contributed by atoms with van der Waals surface area (Å²) in [6.07, 6.45) is 3.40. The molecule has 1 aliphatic carbocycles. The number of rotatable bonds is 6. The van der Waals surface area contributed by atoms with Crippen molar-refractivity contribution in [3.8, 4) is 0 Å². The molecule has 1 saturated carbocycles. The van der Waals surface area contributed by atoms with E-state index < -0.39 is 12.3 Å². The molecular weight excluding hydrogens is 404 g/mol. The molecule has 1 unspecified atom stereocenters. The second-order valence-electron chi connectivity index (χ2n) is 7.66. The van der Waals surface area contributed by atoms with Crippen LogP contribution in [0.1, 0.15) is 41.6 Å². The summed E-state index contributed by atoms with van der Waals surface area (Å²) in [6, 6.07) is 7.22. The Bertz CT molecular complexity index is 758. The quantitative estimate of drug-likeness (QED) is 0.256. The number of nitrogens with two attached hydrogens (primary N) is 1. The molecule has 1 aromatic carbocycles. The SMILES string of the molecule is N=C(SC(N)=NC(O)NC1CCCC1)N1CCN(Cc2ccc(C(=O)O)cc2)CC1. The van der Waals surface area contributed by atoms with Crippen molar-refractivity contribution in [1.82, 2.24) is 15.1 Å². The van der Waals surface area contributed by atoms with Gasteiger partial charge in [-0.25, -0.2) is 9.79 Å². The van der Waals surface area contributed by atoms with Gasteiger partial charge in [0.15, 0.2) is 10.3 Å². The molecule has 1 atom stereocenters. The number of nitrogens with zero attached hydrogens (tertiary/aromatic N) is 3. The summed E-state index contributed by atoms with van der Waals surface area (Å²) in [5, 5.41) is 30.8. The number of carboxylic acid groups (broad SMARTS) is 1. The zero-order valence-electron chi connectivity index (χ0n) is 17.0. The summed E-state index contributed by atoms with van der Waals surface area (Å²) in [5.74, 6) is -0.921. The number of hydrogen-bond donors (Lipinski definition) is 5. The van der Waals surface area contributed by atoms with Crippen molar-refractivity contribution in [2.45, 2.75) is 44.6 Å². The molecule has 6 N–H and O–H groups in total. The van der Waals surface area contributed by atoms with Crippen LogP contribution in [0.2, 0.25) is 0 Å². The van der Waals surface area contributed by atoms with Gasteiger partial charge in [0.25, 0.3) is 0 Å². The van der Waals surface area contributed by atoms with Crippen molar-refractivity contribution >= 4 is 28.1 Å². The van der Waals surface area contributed by atoms with Crippen molar-refractivity contribution in [2.75, 3.05) is 26.2 Å². The first-order valence-corrected chi connectivity index (χ1v) is 11.1. The van der Waals surface area contributed by atoms with Gasteiger partial charge in [-0.05, 0) is 42.3 Å². The van der Waals surface area contributed by atoms with Crippen LogP contribution < -0.4 is 11.1 Å². The molecule has 10 heteroatoms. The average Bonchev–Trinajstić information content (AvgIpc) is 3.21. The van der Waals surface area contributed by atoms with Crippen LogP contribution in [0.25, 0.3) is 0 Å². The highest BCUT2D eigenvalue weighted by Gasteiger charge is 2.21. The van der Waals surface area contributed by atoms with E-state index in [1.165, 1.54) is 12.8 Å². The number of aromatic carboxylic acids is 1. The fourth-order valence-electron chi connectivity index (χ4n) is 3.77. The van der Waals surface area contributed by atoms with E-state index in [-0.39, 0.29) is 16.8 Å². The zero-order valence-corrected chi connectivity index (χ0v) is 17.8. The van der Waals surface area contributed by atoms with E-state index in [2.05, 4.69) is 15.2 Å². The summed E-state index contributed by atoms with van der Waals surface area (Å²) < 4.78 is 0. The van der Waals surface area contributed by atoms with Crippen LogP contribution in [0.4, 0.5) is 0 Å². The van der Waals surface area contributed by atoms with Gasteiger partial charge in [-0.15, -0.1) is 0 Å². The predicted octanol–water partition coefficient (Wildman–Crippen LogP) is 1.29. The van der Waals surface area contributed by atoms with Crippen LogP contribution in [0, 0.1) is 5.41 Å². The smallest absolute Gasteiger partial charge is 0.335 e. The second-order valence-corrected chi connectivity index (χ2v) is 8.67. The lowest BCUT2D eigenvalue weighted by molar-refractivity contribution is 0.0696. The molecular formula is C20H30N6O3S. The Morgan fingerprint density at radius 3 is 2.47 bits per heavy atom.